The number of sulfonamides is 1. The number of nitrogens with one attached hydrogen (secondary N) is 1. The highest BCUT2D eigenvalue weighted by molar-refractivity contribution is 7.88. The van der Waals surface area contributed by atoms with Crippen LogP contribution in [0.15, 0.2) is 24.4 Å². The average molecular weight is 283 g/mol. The van der Waals surface area contributed by atoms with E-state index in [2.05, 4.69) is 10.3 Å². The molecule has 0 spiro atoms. The molecule has 0 radical (unpaired) electrons. The summed E-state index contributed by atoms with van der Waals surface area (Å²) < 4.78 is 24.4. The van der Waals surface area contributed by atoms with E-state index in [0.29, 0.717) is 18.8 Å². The molecular formula is C12H17N3O3S. The standard InChI is InChI=1S/C12H17N3O3S/c1-19(17,18)15-8-4-5-10(9-15)14-12(16)11-6-2-3-7-13-11/h2-3,6-7,10H,4-5,8-9H2,1H3,(H,14,16)/t10-/m1/s1. The number of aromatic nitrogens is 1. The molecular weight excluding hydrogens is 266 g/mol. The highest BCUT2D eigenvalue weighted by Gasteiger charge is 2.27. The molecule has 1 aromatic heterocycles. The number of nitrogens with zero attached hydrogens (tertiary/aromatic N) is 2. The van der Waals surface area contributed by atoms with Gasteiger partial charge in [0.15, 0.2) is 0 Å². The SMILES string of the molecule is CS(=O)(=O)N1CCC[C@@H](NC(=O)c2ccccn2)C1. The summed E-state index contributed by atoms with van der Waals surface area (Å²) >= 11 is 0. The Balaban J connectivity index is 1.98. The van der Waals surface area contributed by atoms with E-state index in [0.717, 1.165) is 12.8 Å². The molecule has 0 unspecified atom stereocenters. The van der Waals surface area contributed by atoms with Gasteiger partial charge in [-0.2, -0.15) is 0 Å². The number of amides is 1. The zero-order valence-corrected chi connectivity index (χ0v) is 11.6. The van der Waals surface area contributed by atoms with Gasteiger partial charge >= 0.3 is 0 Å². The summed E-state index contributed by atoms with van der Waals surface area (Å²) in [6.07, 6.45) is 4.28. The fraction of sp³-hybridized carbons (Fsp3) is 0.500. The molecule has 1 N–H and O–H groups in total. The Morgan fingerprint density at radius 1 is 1.47 bits per heavy atom. The van der Waals surface area contributed by atoms with E-state index in [9.17, 15) is 13.2 Å². The molecule has 0 aromatic carbocycles. The Bertz CT molecular complexity index is 545. The summed E-state index contributed by atoms with van der Waals surface area (Å²) in [7, 11) is -3.19. The van der Waals surface area contributed by atoms with Crippen LogP contribution in [0.2, 0.25) is 0 Å². The van der Waals surface area contributed by atoms with Crippen LogP contribution in [0.5, 0.6) is 0 Å². The summed E-state index contributed by atoms with van der Waals surface area (Å²) in [5.41, 5.74) is 0.346. The lowest BCUT2D eigenvalue weighted by atomic mass is 10.1. The Morgan fingerprint density at radius 2 is 2.26 bits per heavy atom. The van der Waals surface area contributed by atoms with Crippen LogP contribution in [0.1, 0.15) is 23.3 Å². The van der Waals surface area contributed by atoms with E-state index in [1.165, 1.54) is 10.6 Å². The first-order chi connectivity index (χ1) is 8.97. The number of pyridine rings is 1. The van der Waals surface area contributed by atoms with Crippen LogP contribution in [-0.4, -0.2) is 49.0 Å². The third-order valence-corrected chi connectivity index (χ3v) is 4.36. The van der Waals surface area contributed by atoms with Crippen molar-refractivity contribution in [3.63, 3.8) is 0 Å². The van der Waals surface area contributed by atoms with E-state index in [4.69, 9.17) is 0 Å². The second kappa shape index (κ2) is 5.66. The summed E-state index contributed by atoms with van der Waals surface area (Å²) in [5.74, 6) is -0.263. The van der Waals surface area contributed by atoms with Gasteiger partial charge in [-0.15, -0.1) is 0 Å². The normalized spacial score (nSPS) is 21.0. The number of carbonyl (C=O) groups is 1. The Morgan fingerprint density at radius 3 is 2.89 bits per heavy atom. The zero-order valence-electron chi connectivity index (χ0n) is 10.7. The molecule has 0 aliphatic carbocycles. The molecule has 1 saturated heterocycles. The monoisotopic (exact) mass is 283 g/mol. The van der Waals surface area contributed by atoms with Crippen molar-refractivity contribution in [1.82, 2.24) is 14.6 Å². The lowest BCUT2D eigenvalue weighted by Crippen LogP contribution is -2.49. The minimum atomic E-state index is -3.19. The molecule has 1 amide bonds. The quantitative estimate of drug-likeness (QED) is 0.861. The van der Waals surface area contributed by atoms with Crippen LogP contribution in [0, 0.1) is 0 Å². The third kappa shape index (κ3) is 3.74. The van der Waals surface area contributed by atoms with E-state index >= 15 is 0 Å². The highest BCUT2D eigenvalue weighted by Crippen LogP contribution is 2.13. The molecule has 1 aliphatic heterocycles. The Hall–Kier alpha value is -1.47. The maximum absolute atomic E-state index is 11.9. The topological polar surface area (TPSA) is 79.4 Å². The number of rotatable bonds is 3. The van der Waals surface area contributed by atoms with E-state index < -0.39 is 10.0 Å². The largest absolute Gasteiger partial charge is 0.347 e. The predicted molar refractivity (Wildman–Crippen MR) is 71.1 cm³/mol. The van der Waals surface area contributed by atoms with Crippen LogP contribution >= 0.6 is 0 Å². The molecule has 1 aliphatic rings. The maximum Gasteiger partial charge on any atom is 0.270 e. The van der Waals surface area contributed by atoms with Gasteiger partial charge in [-0.3, -0.25) is 9.78 Å². The lowest BCUT2D eigenvalue weighted by Gasteiger charge is -2.31. The Labute approximate surface area is 112 Å². The minimum Gasteiger partial charge on any atom is -0.347 e. The van der Waals surface area contributed by atoms with Crippen LogP contribution in [0.3, 0.4) is 0 Å². The molecule has 0 saturated carbocycles. The van der Waals surface area contributed by atoms with Crippen LogP contribution in [0.25, 0.3) is 0 Å². The smallest absolute Gasteiger partial charge is 0.270 e. The lowest BCUT2D eigenvalue weighted by molar-refractivity contribution is 0.0916. The molecule has 1 atom stereocenters. The third-order valence-electron chi connectivity index (χ3n) is 3.09. The van der Waals surface area contributed by atoms with Gasteiger partial charge < -0.3 is 5.32 Å². The first-order valence-corrected chi connectivity index (χ1v) is 7.98. The molecule has 0 bridgehead atoms. The van der Waals surface area contributed by atoms with Gasteiger partial charge in [0.1, 0.15) is 5.69 Å². The van der Waals surface area contributed by atoms with Gasteiger partial charge in [-0.25, -0.2) is 12.7 Å². The predicted octanol–water partition coefficient (Wildman–Crippen LogP) is 0.235. The van der Waals surface area contributed by atoms with Crippen LogP contribution < -0.4 is 5.32 Å². The number of hydrogen-bond acceptors (Lipinski definition) is 4. The Kier molecular flexibility index (Phi) is 4.16. The van der Waals surface area contributed by atoms with Crippen molar-refractivity contribution in [3.05, 3.63) is 30.1 Å². The molecule has 1 aromatic rings. The zero-order chi connectivity index (χ0) is 13.9. The highest BCUT2D eigenvalue weighted by atomic mass is 32.2. The molecule has 19 heavy (non-hydrogen) atoms. The summed E-state index contributed by atoms with van der Waals surface area (Å²) in [4.78, 5) is 15.9. The summed E-state index contributed by atoms with van der Waals surface area (Å²) in [6.45, 7) is 0.853. The van der Waals surface area contributed by atoms with Crippen molar-refractivity contribution >= 4 is 15.9 Å². The van der Waals surface area contributed by atoms with Gasteiger partial charge in [-0.05, 0) is 25.0 Å². The maximum atomic E-state index is 11.9. The van der Waals surface area contributed by atoms with Gasteiger partial charge in [0.2, 0.25) is 10.0 Å². The summed E-state index contributed by atoms with van der Waals surface area (Å²) in [5, 5.41) is 2.83. The van der Waals surface area contributed by atoms with Gasteiger partial charge in [0, 0.05) is 25.3 Å². The van der Waals surface area contributed by atoms with Crippen LogP contribution in [-0.2, 0) is 10.0 Å². The van der Waals surface area contributed by atoms with Crippen molar-refractivity contribution in [2.24, 2.45) is 0 Å². The van der Waals surface area contributed by atoms with Crippen LogP contribution in [0.4, 0.5) is 0 Å². The average Bonchev–Trinajstić information content (AvgIpc) is 2.39. The van der Waals surface area contributed by atoms with Crippen molar-refractivity contribution in [1.29, 1.82) is 0 Å². The van der Waals surface area contributed by atoms with Gasteiger partial charge in [0.05, 0.1) is 6.26 Å². The van der Waals surface area contributed by atoms with Crippen molar-refractivity contribution in [3.8, 4) is 0 Å². The number of carbonyl (C=O) groups excluding carboxylic acids is 1. The number of piperidine rings is 1. The minimum absolute atomic E-state index is 0.155. The molecule has 1 fully saturated rings. The molecule has 2 heterocycles. The van der Waals surface area contributed by atoms with Gasteiger partial charge in [-0.1, -0.05) is 6.07 Å². The van der Waals surface area contributed by atoms with Crippen molar-refractivity contribution in [2.45, 2.75) is 18.9 Å². The molecule has 2 rings (SSSR count). The van der Waals surface area contributed by atoms with E-state index in [1.54, 1.807) is 24.4 Å². The second-order valence-electron chi connectivity index (χ2n) is 4.65. The van der Waals surface area contributed by atoms with E-state index in [1.807, 2.05) is 0 Å². The van der Waals surface area contributed by atoms with E-state index in [-0.39, 0.29) is 11.9 Å². The van der Waals surface area contributed by atoms with Crippen molar-refractivity contribution in [2.75, 3.05) is 19.3 Å². The first kappa shape index (κ1) is 14.0. The van der Waals surface area contributed by atoms with Crippen molar-refractivity contribution < 1.29 is 13.2 Å². The fourth-order valence-corrected chi connectivity index (χ4v) is 3.03. The first-order valence-electron chi connectivity index (χ1n) is 6.14. The van der Waals surface area contributed by atoms with Gasteiger partial charge in [0.25, 0.3) is 5.91 Å². The molecule has 104 valence electrons. The number of hydrogen-bond donors (Lipinski definition) is 1. The molecule has 6 nitrogen and oxygen atoms in total. The second-order valence-corrected chi connectivity index (χ2v) is 6.63. The molecule has 7 heteroatoms. The summed E-state index contributed by atoms with van der Waals surface area (Å²) in [6, 6.07) is 4.96. The fourth-order valence-electron chi connectivity index (χ4n) is 2.12.